The van der Waals surface area contributed by atoms with Crippen LogP contribution in [0.15, 0.2) is 47.4 Å². The van der Waals surface area contributed by atoms with Gasteiger partial charge < -0.3 is 0 Å². The van der Waals surface area contributed by atoms with Crippen LogP contribution in [0, 0.1) is 20.8 Å². The molecule has 0 atom stereocenters. The van der Waals surface area contributed by atoms with Crippen LogP contribution in [0.4, 0.5) is 0 Å². The van der Waals surface area contributed by atoms with Crippen molar-refractivity contribution in [3.8, 4) is 15.9 Å². The van der Waals surface area contributed by atoms with Gasteiger partial charge in [0.05, 0.1) is 0 Å². The molecule has 6 nitrogen and oxygen atoms in total. The Hall–Kier alpha value is -2.41. The van der Waals surface area contributed by atoms with Gasteiger partial charge in [-0.05, 0) is 6.92 Å². The Morgan fingerprint density at radius 2 is 1.77 bits per heavy atom. The molecule has 164 valence electrons. The second-order valence-electron chi connectivity index (χ2n) is 7.17. The molecule has 2 aromatic carbocycles. The minimum absolute atomic E-state index is 0.0554. The van der Waals surface area contributed by atoms with Crippen molar-refractivity contribution >= 4 is 30.3 Å². The number of hydrogen-bond acceptors (Lipinski definition) is 6. The van der Waals surface area contributed by atoms with Crippen LogP contribution in [0.1, 0.15) is 28.2 Å². The number of aryl methyl sites for hydroxylation is 3. The van der Waals surface area contributed by atoms with Crippen LogP contribution in [-0.2, 0) is 25.1 Å². The monoisotopic (exact) mass is 507 g/mol. The molecule has 0 saturated carbocycles. The predicted molar refractivity (Wildman–Crippen MR) is 120 cm³/mol. The van der Waals surface area contributed by atoms with Crippen molar-refractivity contribution in [2.45, 2.75) is 38.3 Å². The molecule has 1 aromatic heterocycles. The van der Waals surface area contributed by atoms with E-state index in [1.165, 1.54) is 11.6 Å². The number of esters is 1. The Kier molecular flexibility index (Phi) is 7.36. The van der Waals surface area contributed by atoms with Crippen LogP contribution in [0.3, 0.4) is 0 Å². The molecule has 31 heavy (non-hydrogen) atoms. The molecule has 0 bridgehead atoms. The number of nitrogens with zero attached hydrogens (tertiary/aromatic N) is 1. The Balaban J connectivity index is 1.77. The number of carbonyl (C=O) groups is 1. The first-order chi connectivity index (χ1) is 14.7. The zero-order valence-electron chi connectivity index (χ0n) is 18.0. The summed E-state index contributed by atoms with van der Waals surface area (Å²) in [6.07, 6.45) is 0. The van der Waals surface area contributed by atoms with E-state index in [2.05, 4.69) is 4.98 Å². The first-order valence-electron chi connectivity index (χ1n) is 9.84. The first-order valence-corrected chi connectivity index (χ1v) is 13.2. The van der Waals surface area contributed by atoms with Gasteiger partial charge in [0.2, 0.25) is 0 Å². The van der Waals surface area contributed by atoms with Crippen molar-refractivity contribution in [3.63, 3.8) is 0 Å². The van der Waals surface area contributed by atoms with Crippen LogP contribution >= 0.6 is 0 Å². The van der Waals surface area contributed by atoms with E-state index in [4.69, 9.17) is 9.47 Å². The van der Waals surface area contributed by atoms with Gasteiger partial charge in [0.1, 0.15) is 0 Å². The molecule has 0 unspecified atom stereocenters. The Morgan fingerprint density at radius 1 is 1.06 bits per heavy atom. The van der Waals surface area contributed by atoms with Gasteiger partial charge >= 0.3 is 182 Å². The molecule has 0 aliphatic rings. The molecule has 3 aromatic rings. The minimum atomic E-state index is -3.53. The summed E-state index contributed by atoms with van der Waals surface area (Å²) in [6, 6.07) is 12.8. The molecule has 0 saturated heterocycles. The molecule has 0 N–H and O–H groups in total. The number of carbonyl (C=O) groups excluding carboxylic acids is 1. The summed E-state index contributed by atoms with van der Waals surface area (Å²) >= 11 is -0.135. The first kappa shape index (κ1) is 23.3. The molecule has 0 radical (unpaired) electrons. The molecular formula is C23H25NO5SSe. The average molecular weight is 506 g/mol. The van der Waals surface area contributed by atoms with E-state index in [9.17, 15) is 13.2 Å². The second kappa shape index (κ2) is 9.81. The third-order valence-corrected chi connectivity index (χ3v) is 9.25. The van der Waals surface area contributed by atoms with E-state index >= 15 is 0 Å². The van der Waals surface area contributed by atoms with Gasteiger partial charge in [-0.3, -0.25) is 0 Å². The average Bonchev–Trinajstić information content (AvgIpc) is 3.07. The third-order valence-electron chi connectivity index (χ3n) is 4.67. The molecule has 1 heterocycles. The third kappa shape index (κ3) is 5.85. The summed E-state index contributed by atoms with van der Waals surface area (Å²) in [6.45, 7) is 7.44. The number of aromatic nitrogens is 1. The number of sulfone groups is 1. The fourth-order valence-electron chi connectivity index (χ4n) is 2.95. The molecule has 0 spiro atoms. The number of rotatable bonds is 8. The van der Waals surface area contributed by atoms with Crippen molar-refractivity contribution in [2.24, 2.45) is 0 Å². The van der Waals surface area contributed by atoms with Gasteiger partial charge in [-0.2, -0.15) is 0 Å². The number of benzene rings is 2. The quantitative estimate of drug-likeness (QED) is 0.343. The molecule has 0 amide bonds. The van der Waals surface area contributed by atoms with Gasteiger partial charge in [0.15, 0.2) is 0 Å². The van der Waals surface area contributed by atoms with Crippen molar-refractivity contribution < 1.29 is 22.7 Å². The topological polar surface area (TPSA) is 82.6 Å². The van der Waals surface area contributed by atoms with Gasteiger partial charge in [-0.15, -0.1) is 0 Å². The second-order valence-corrected chi connectivity index (χ2v) is 11.4. The predicted octanol–water partition coefficient (Wildman–Crippen LogP) is 3.65. The fraction of sp³-hybridized carbons (Fsp3) is 0.304. The maximum atomic E-state index is 13.0. The summed E-state index contributed by atoms with van der Waals surface area (Å²) in [4.78, 5) is 16.3. The Bertz CT molecular complexity index is 1180. The number of hydrogen-bond donors (Lipinski definition) is 0. The van der Waals surface area contributed by atoms with E-state index in [0.717, 1.165) is 20.3 Å². The van der Waals surface area contributed by atoms with E-state index < -0.39 is 15.8 Å². The fourth-order valence-corrected chi connectivity index (χ4v) is 7.52. The normalized spacial score (nSPS) is 11.4. The SMILES string of the molecule is CCOC(=O)COc1ccc(S(=O)(=O)Cc2[se]c(-c3ccc(C)cc3)nc2C)cc1C. The summed E-state index contributed by atoms with van der Waals surface area (Å²) in [5, 5.41) is 0. The van der Waals surface area contributed by atoms with Gasteiger partial charge in [-0.25, -0.2) is 0 Å². The Morgan fingerprint density at radius 3 is 2.42 bits per heavy atom. The standard InChI is InChI=1S/C23H25NO5SSe/c1-5-28-22(25)13-29-20-11-10-19(12-16(20)3)30(26,27)14-21-17(4)24-23(31-21)18-8-6-15(2)7-9-18/h6-12H,5,13-14H2,1-4H3. The van der Waals surface area contributed by atoms with Gasteiger partial charge in [-0.1, -0.05) is 0 Å². The molecular weight excluding hydrogens is 481 g/mol. The van der Waals surface area contributed by atoms with Gasteiger partial charge in [0.25, 0.3) is 0 Å². The maximum absolute atomic E-state index is 13.0. The molecule has 0 aliphatic carbocycles. The summed E-state index contributed by atoms with van der Waals surface area (Å²) < 4.78 is 38.2. The van der Waals surface area contributed by atoms with E-state index in [1.807, 2.05) is 38.1 Å². The number of ether oxygens (including phenoxy) is 2. The molecule has 3 rings (SSSR count). The van der Waals surface area contributed by atoms with Crippen molar-refractivity contribution in [1.29, 1.82) is 0 Å². The molecule has 0 aliphatic heterocycles. The zero-order valence-corrected chi connectivity index (χ0v) is 20.5. The van der Waals surface area contributed by atoms with Crippen LogP contribution in [0.2, 0.25) is 0 Å². The van der Waals surface area contributed by atoms with Crippen LogP contribution in [-0.4, -0.2) is 47.1 Å². The van der Waals surface area contributed by atoms with Crippen LogP contribution in [0.25, 0.3) is 10.1 Å². The van der Waals surface area contributed by atoms with Crippen molar-refractivity contribution in [1.82, 2.24) is 4.98 Å². The Labute approximate surface area is 188 Å². The van der Waals surface area contributed by atoms with E-state index in [1.54, 1.807) is 26.0 Å². The summed E-state index contributed by atoms with van der Waals surface area (Å²) in [7, 11) is -3.53. The molecule has 0 fully saturated rings. The summed E-state index contributed by atoms with van der Waals surface area (Å²) in [5.41, 5.74) is 3.64. The summed E-state index contributed by atoms with van der Waals surface area (Å²) in [5.74, 6) is -0.0634. The van der Waals surface area contributed by atoms with Crippen molar-refractivity contribution in [3.05, 3.63) is 63.7 Å². The van der Waals surface area contributed by atoms with E-state index in [0.29, 0.717) is 11.3 Å². The van der Waals surface area contributed by atoms with Gasteiger partial charge in [0, 0.05) is 0 Å². The van der Waals surface area contributed by atoms with Crippen LogP contribution in [0.5, 0.6) is 5.75 Å². The van der Waals surface area contributed by atoms with Crippen LogP contribution < -0.4 is 4.74 Å². The molecule has 8 heteroatoms. The van der Waals surface area contributed by atoms with E-state index in [-0.39, 0.29) is 38.4 Å². The zero-order chi connectivity index (χ0) is 22.6. The van der Waals surface area contributed by atoms with Crippen molar-refractivity contribution in [2.75, 3.05) is 13.2 Å².